The standard InChI is InChI=1S/C14H19NO2/c15-14(16)12-7-4-8-13(9-12)17-10-11-5-2-1-3-6-11/h4,7-9,11H,1-3,5-6,10H2,(H2,15,16). The molecule has 0 saturated heterocycles. The zero-order valence-electron chi connectivity index (χ0n) is 10.0. The Morgan fingerprint density at radius 2 is 2.06 bits per heavy atom. The predicted molar refractivity (Wildman–Crippen MR) is 67.0 cm³/mol. The monoisotopic (exact) mass is 233 g/mol. The second kappa shape index (κ2) is 5.71. The van der Waals surface area contributed by atoms with E-state index in [1.54, 1.807) is 18.2 Å². The van der Waals surface area contributed by atoms with Crippen molar-refractivity contribution >= 4 is 5.91 Å². The first kappa shape index (κ1) is 12.0. The molecule has 0 bridgehead atoms. The number of carbonyl (C=O) groups is 1. The second-order valence-electron chi connectivity index (χ2n) is 4.71. The molecule has 1 aromatic carbocycles. The third-order valence-corrected chi connectivity index (χ3v) is 3.33. The van der Waals surface area contributed by atoms with Crippen molar-refractivity contribution in [3.8, 4) is 5.75 Å². The van der Waals surface area contributed by atoms with Gasteiger partial charge < -0.3 is 10.5 Å². The van der Waals surface area contributed by atoms with Crippen molar-refractivity contribution < 1.29 is 9.53 Å². The van der Waals surface area contributed by atoms with E-state index in [9.17, 15) is 4.79 Å². The van der Waals surface area contributed by atoms with Crippen LogP contribution in [0.3, 0.4) is 0 Å². The topological polar surface area (TPSA) is 52.3 Å². The zero-order valence-corrected chi connectivity index (χ0v) is 10.0. The first-order chi connectivity index (χ1) is 8.25. The Labute approximate surface area is 102 Å². The van der Waals surface area contributed by atoms with Crippen LogP contribution in [0.5, 0.6) is 5.75 Å². The number of nitrogens with two attached hydrogens (primary N) is 1. The molecule has 2 N–H and O–H groups in total. The summed E-state index contributed by atoms with van der Waals surface area (Å²) in [5.74, 6) is 1.00. The van der Waals surface area contributed by atoms with Gasteiger partial charge in [-0.3, -0.25) is 4.79 Å². The number of hydrogen-bond donors (Lipinski definition) is 1. The van der Waals surface area contributed by atoms with Gasteiger partial charge >= 0.3 is 0 Å². The first-order valence-electron chi connectivity index (χ1n) is 6.28. The van der Waals surface area contributed by atoms with E-state index < -0.39 is 5.91 Å². The average molecular weight is 233 g/mol. The van der Waals surface area contributed by atoms with Crippen LogP contribution in [0, 0.1) is 5.92 Å². The minimum absolute atomic E-state index is 0.409. The highest BCUT2D eigenvalue weighted by atomic mass is 16.5. The molecule has 1 aliphatic rings. The van der Waals surface area contributed by atoms with Crippen molar-refractivity contribution in [1.82, 2.24) is 0 Å². The van der Waals surface area contributed by atoms with E-state index in [1.807, 2.05) is 6.07 Å². The number of primary amides is 1. The lowest BCUT2D eigenvalue weighted by Gasteiger charge is -2.21. The smallest absolute Gasteiger partial charge is 0.248 e. The zero-order chi connectivity index (χ0) is 12.1. The summed E-state index contributed by atoms with van der Waals surface area (Å²) < 4.78 is 5.73. The third-order valence-electron chi connectivity index (χ3n) is 3.33. The lowest BCUT2D eigenvalue weighted by atomic mass is 9.90. The Kier molecular flexibility index (Phi) is 4.02. The van der Waals surface area contributed by atoms with E-state index >= 15 is 0 Å². The lowest BCUT2D eigenvalue weighted by molar-refractivity contribution is 0.0999. The molecule has 0 aliphatic heterocycles. The van der Waals surface area contributed by atoms with E-state index in [1.165, 1.54) is 32.1 Å². The van der Waals surface area contributed by atoms with Crippen LogP contribution >= 0.6 is 0 Å². The van der Waals surface area contributed by atoms with Gasteiger partial charge in [0.1, 0.15) is 5.75 Å². The molecule has 2 rings (SSSR count). The highest BCUT2D eigenvalue weighted by Crippen LogP contribution is 2.24. The van der Waals surface area contributed by atoms with Crippen molar-refractivity contribution in [2.45, 2.75) is 32.1 Å². The number of ether oxygens (including phenoxy) is 1. The summed E-state index contributed by atoms with van der Waals surface area (Å²) >= 11 is 0. The Morgan fingerprint density at radius 3 is 2.76 bits per heavy atom. The fourth-order valence-corrected chi connectivity index (χ4v) is 2.31. The van der Waals surface area contributed by atoms with Crippen LogP contribution in [-0.4, -0.2) is 12.5 Å². The fraction of sp³-hybridized carbons (Fsp3) is 0.500. The summed E-state index contributed by atoms with van der Waals surface area (Å²) in [5.41, 5.74) is 5.73. The number of rotatable bonds is 4. The molecule has 0 heterocycles. The van der Waals surface area contributed by atoms with Crippen LogP contribution in [0.25, 0.3) is 0 Å². The van der Waals surface area contributed by atoms with Crippen molar-refractivity contribution in [3.05, 3.63) is 29.8 Å². The van der Waals surface area contributed by atoms with E-state index in [-0.39, 0.29) is 0 Å². The number of amides is 1. The van der Waals surface area contributed by atoms with E-state index in [2.05, 4.69) is 0 Å². The lowest BCUT2D eigenvalue weighted by Crippen LogP contribution is -2.16. The quantitative estimate of drug-likeness (QED) is 0.869. The maximum Gasteiger partial charge on any atom is 0.248 e. The predicted octanol–water partition coefficient (Wildman–Crippen LogP) is 2.74. The molecule has 0 unspecified atom stereocenters. The molecule has 1 amide bonds. The molecule has 0 atom stereocenters. The first-order valence-corrected chi connectivity index (χ1v) is 6.28. The van der Waals surface area contributed by atoms with Gasteiger partial charge in [-0.1, -0.05) is 25.3 Å². The molecule has 1 aliphatic carbocycles. The van der Waals surface area contributed by atoms with Gasteiger partial charge in [0, 0.05) is 5.56 Å². The SMILES string of the molecule is NC(=O)c1cccc(OCC2CCCCC2)c1. The Morgan fingerprint density at radius 1 is 1.29 bits per heavy atom. The second-order valence-corrected chi connectivity index (χ2v) is 4.71. The number of hydrogen-bond acceptors (Lipinski definition) is 2. The molecule has 1 saturated carbocycles. The Balaban J connectivity index is 1.89. The molecule has 3 heteroatoms. The molecule has 0 radical (unpaired) electrons. The Hall–Kier alpha value is -1.51. The summed E-state index contributed by atoms with van der Waals surface area (Å²) in [6.07, 6.45) is 6.50. The minimum atomic E-state index is -0.409. The van der Waals surface area contributed by atoms with Gasteiger partial charge in [-0.05, 0) is 37.0 Å². The normalized spacial score (nSPS) is 16.7. The number of carbonyl (C=O) groups excluding carboxylic acids is 1. The van der Waals surface area contributed by atoms with E-state index in [0.29, 0.717) is 11.5 Å². The molecule has 3 nitrogen and oxygen atoms in total. The van der Waals surface area contributed by atoms with Crippen LogP contribution in [0.4, 0.5) is 0 Å². The van der Waals surface area contributed by atoms with Crippen LogP contribution < -0.4 is 10.5 Å². The fourth-order valence-electron chi connectivity index (χ4n) is 2.31. The van der Waals surface area contributed by atoms with Gasteiger partial charge in [-0.15, -0.1) is 0 Å². The summed E-state index contributed by atoms with van der Waals surface area (Å²) in [6.45, 7) is 0.752. The Bertz CT molecular complexity index is 384. The molecule has 0 aromatic heterocycles. The molecule has 92 valence electrons. The van der Waals surface area contributed by atoms with Crippen LogP contribution in [0.2, 0.25) is 0 Å². The van der Waals surface area contributed by atoms with Crippen LogP contribution in [-0.2, 0) is 0 Å². The van der Waals surface area contributed by atoms with Crippen molar-refractivity contribution in [3.63, 3.8) is 0 Å². The summed E-state index contributed by atoms with van der Waals surface area (Å²) in [7, 11) is 0. The van der Waals surface area contributed by atoms with Gasteiger partial charge in [0.15, 0.2) is 0 Å². The van der Waals surface area contributed by atoms with Crippen molar-refractivity contribution in [2.75, 3.05) is 6.61 Å². The largest absolute Gasteiger partial charge is 0.493 e. The average Bonchev–Trinajstić information content (AvgIpc) is 2.38. The summed E-state index contributed by atoms with van der Waals surface area (Å²) in [6, 6.07) is 7.09. The molecule has 1 aromatic rings. The molecular weight excluding hydrogens is 214 g/mol. The van der Waals surface area contributed by atoms with Gasteiger partial charge in [-0.25, -0.2) is 0 Å². The number of benzene rings is 1. The molecule has 0 spiro atoms. The molecule has 17 heavy (non-hydrogen) atoms. The van der Waals surface area contributed by atoms with Gasteiger partial charge in [-0.2, -0.15) is 0 Å². The maximum absolute atomic E-state index is 11.0. The van der Waals surface area contributed by atoms with E-state index in [4.69, 9.17) is 10.5 Å². The van der Waals surface area contributed by atoms with E-state index in [0.717, 1.165) is 12.4 Å². The third kappa shape index (κ3) is 3.48. The van der Waals surface area contributed by atoms with Crippen LogP contribution in [0.15, 0.2) is 24.3 Å². The van der Waals surface area contributed by atoms with Gasteiger partial charge in [0.25, 0.3) is 0 Å². The summed E-state index contributed by atoms with van der Waals surface area (Å²) in [4.78, 5) is 11.0. The van der Waals surface area contributed by atoms with Crippen molar-refractivity contribution in [1.29, 1.82) is 0 Å². The van der Waals surface area contributed by atoms with Crippen molar-refractivity contribution in [2.24, 2.45) is 11.7 Å². The molecular formula is C14H19NO2. The van der Waals surface area contributed by atoms with Crippen LogP contribution in [0.1, 0.15) is 42.5 Å². The highest BCUT2D eigenvalue weighted by Gasteiger charge is 2.14. The highest BCUT2D eigenvalue weighted by molar-refractivity contribution is 5.93. The summed E-state index contributed by atoms with van der Waals surface area (Å²) in [5, 5.41) is 0. The molecule has 1 fully saturated rings. The van der Waals surface area contributed by atoms with Gasteiger partial charge in [0.2, 0.25) is 5.91 Å². The maximum atomic E-state index is 11.0. The van der Waals surface area contributed by atoms with Gasteiger partial charge in [0.05, 0.1) is 6.61 Å². The minimum Gasteiger partial charge on any atom is -0.493 e.